The molecule has 1 amide bonds. The zero-order chi connectivity index (χ0) is 32.9. The molecule has 4 heterocycles. The Morgan fingerprint density at radius 1 is 1.06 bits per heavy atom. The molecule has 3 aliphatic heterocycles. The van der Waals surface area contributed by atoms with Gasteiger partial charge in [0.2, 0.25) is 11.8 Å². The third-order valence-electron chi connectivity index (χ3n) is 9.87. The number of fused-ring (bicyclic) bond motifs is 2. The van der Waals surface area contributed by atoms with E-state index in [0.29, 0.717) is 50.7 Å². The Morgan fingerprint density at radius 3 is 2.60 bits per heavy atom. The number of piperazine rings is 2. The third kappa shape index (κ3) is 6.76. The molecule has 1 atom stereocenters. The Hall–Kier alpha value is -4.64. The van der Waals surface area contributed by atoms with Gasteiger partial charge in [0.05, 0.1) is 43.1 Å². The second-order valence-corrected chi connectivity index (χ2v) is 12.8. The highest BCUT2D eigenvalue weighted by Gasteiger charge is 2.35. The number of pyridine rings is 1. The first-order valence-corrected chi connectivity index (χ1v) is 16.7. The summed E-state index contributed by atoms with van der Waals surface area (Å²) >= 11 is 0. The van der Waals surface area contributed by atoms with Gasteiger partial charge in [-0.15, -0.1) is 0 Å². The molecular formula is C37H44N8O2. The van der Waals surface area contributed by atoms with Crippen LogP contribution in [-0.4, -0.2) is 104 Å². The smallest absolute Gasteiger partial charge is 0.246 e. The number of carbonyl (C=O) groups excluding carboxylic acids is 1. The molecule has 3 aliphatic rings. The number of rotatable bonds is 9. The second-order valence-electron chi connectivity index (χ2n) is 12.8. The quantitative estimate of drug-likeness (QED) is 0.255. The highest BCUT2D eigenvalue weighted by molar-refractivity contribution is 5.97. The van der Waals surface area contributed by atoms with Gasteiger partial charge in [-0.05, 0) is 49.9 Å². The van der Waals surface area contributed by atoms with Gasteiger partial charge in [-0.1, -0.05) is 36.9 Å². The van der Waals surface area contributed by atoms with E-state index in [4.69, 9.17) is 9.72 Å². The van der Waals surface area contributed by atoms with Crippen LogP contribution in [0.3, 0.4) is 0 Å². The lowest BCUT2D eigenvalue weighted by atomic mass is 9.95. The van der Waals surface area contributed by atoms with Crippen molar-refractivity contribution in [3.8, 4) is 18.0 Å². The van der Waals surface area contributed by atoms with E-state index in [-0.39, 0.29) is 18.4 Å². The number of likely N-dealkylation sites (N-methyl/N-ethyl adjacent to an activating group) is 1. The molecule has 0 radical (unpaired) electrons. The number of benzene rings is 2. The molecule has 2 saturated heterocycles. The van der Waals surface area contributed by atoms with E-state index in [1.54, 1.807) is 4.90 Å². The van der Waals surface area contributed by atoms with Crippen molar-refractivity contribution < 1.29 is 9.53 Å². The summed E-state index contributed by atoms with van der Waals surface area (Å²) in [5.74, 6) is 0.199. The van der Waals surface area contributed by atoms with Crippen LogP contribution in [0.15, 0.2) is 49.1 Å². The minimum absolute atomic E-state index is 0.174. The number of hydrogen-bond donors (Lipinski definition) is 0. The van der Waals surface area contributed by atoms with Gasteiger partial charge in [0.15, 0.2) is 0 Å². The van der Waals surface area contributed by atoms with Gasteiger partial charge >= 0.3 is 0 Å². The topological polar surface area (TPSA) is 103 Å². The monoisotopic (exact) mass is 632 g/mol. The van der Waals surface area contributed by atoms with Crippen molar-refractivity contribution in [3.63, 3.8) is 0 Å². The molecule has 2 fully saturated rings. The van der Waals surface area contributed by atoms with Crippen molar-refractivity contribution in [3.05, 3.63) is 71.4 Å². The fraction of sp³-hybridized carbons (Fsp3) is 0.459. The number of aryl methyl sites for hydroxylation is 1. The predicted molar refractivity (Wildman–Crippen MR) is 185 cm³/mol. The summed E-state index contributed by atoms with van der Waals surface area (Å²) < 4.78 is 6.37. The molecule has 0 bridgehead atoms. The molecular weight excluding hydrogens is 588 g/mol. The summed E-state index contributed by atoms with van der Waals surface area (Å²) in [6.07, 6.45) is 3.07. The van der Waals surface area contributed by atoms with E-state index >= 15 is 0 Å². The van der Waals surface area contributed by atoms with Gasteiger partial charge < -0.3 is 29.2 Å². The molecule has 3 aromatic rings. The maximum absolute atomic E-state index is 12.7. The lowest BCUT2D eigenvalue weighted by molar-refractivity contribution is -0.128. The van der Waals surface area contributed by atoms with Crippen molar-refractivity contribution in [2.45, 2.75) is 38.8 Å². The van der Waals surface area contributed by atoms with Crippen LogP contribution in [0.1, 0.15) is 35.2 Å². The van der Waals surface area contributed by atoms with E-state index in [1.807, 2.05) is 0 Å². The highest BCUT2D eigenvalue weighted by Crippen LogP contribution is 2.40. The van der Waals surface area contributed by atoms with Crippen LogP contribution in [0.25, 0.3) is 10.8 Å². The molecule has 244 valence electrons. The number of nitriles is 2. The minimum atomic E-state index is -0.304. The summed E-state index contributed by atoms with van der Waals surface area (Å²) in [6, 6.07) is 17.3. The molecule has 10 nitrogen and oxygen atoms in total. The first-order chi connectivity index (χ1) is 22.9. The molecule has 0 spiro atoms. The zero-order valence-corrected chi connectivity index (χ0v) is 27.6. The second kappa shape index (κ2) is 14.4. The predicted octanol–water partition coefficient (Wildman–Crippen LogP) is 4.11. The standard InChI is InChI=1S/C37H44N8O2/c1-4-34(46)45-22-21-44(25-29(45)12-14-38)36-30-13-16-43(33-11-6-10-28-9-5-8-27(2)35(28)33)26-32(30)40-37(31(36)24-39)47-23-7-15-42-19-17-41(3)18-20-42/h4-6,8-11,29H,1,7,12-13,15-23,25-26H2,2-3H3/t29-/m0/s1. The normalized spacial score (nSPS) is 18.8. The maximum atomic E-state index is 12.7. The Morgan fingerprint density at radius 2 is 1.85 bits per heavy atom. The van der Waals surface area contributed by atoms with Crippen LogP contribution in [0, 0.1) is 29.6 Å². The van der Waals surface area contributed by atoms with Gasteiger partial charge in [-0.2, -0.15) is 10.5 Å². The lowest BCUT2D eigenvalue weighted by Crippen LogP contribution is -2.55. The average molecular weight is 633 g/mol. The average Bonchev–Trinajstić information content (AvgIpc) is 3.09. The van der Waals surface area contributed by atoms with Gasteiger partial charge in [0, 0.05) is 75.5 Å². The first kappa shape index (κ1) is 32.3. The number of nitrogens with zero attached hydrogens (tertiary/aromatic N) is 8. The van der Waals surface area contributed by atoms with Gasteiger partial charge in [-0.3, -0.25) is 4.79 Å². The van der Waals surface area contributed by atoms with E-state index in [9.17, 15) is 15.3 Å². The molecule has 6 rings (SSSR count). The van der Waals surface area contributed by atoms with Crippen molar-refractivity contribution in [1.82, 2.24) is 19.7 Å². The molecule has 0 aliphatic carbocycles. The highest BCUT2D eigenvalue weighted by atomic mass is 16.5. The SMILES string of the molecule is C=CC(=O)N1CCN(c2c(C#N)c(OCCCN3CCN(C)CC3)nc3c2CCN(c2cccc4cccc(C)c24)C3)C[C@@H]1CC#N. The van der Waals surface area contributed by atoms with Crippen molar-refractivity contribution in [1.29, 1.82) is 10.5 Å². The van der Waals surface area contributed by atoms with Crippen molar-refractivity contribution >= 4 is 28.1 Å². The molecule has 0 N–H and O–H groups in total. The Balaban J connectivity index is 1.33. The number of hydrogen-bond acceptors (Lipinski definition) is 9. The summed E-state index contributed by atoms with van der Waals surface area (Å²) in [5.41, 5.74) is 5.66. The Bertz CT molecular complexity index is 1710. The van der Waals surface area contributed by atoms with Gasteiger partial charge in [0.25, 0.3) is 0 Å². The third-order valence-corrected chi connectivity index (χ3v) is 9.87. The van der Waals surface area contributed by atoms with E-state index < -0.39 is 0 Å². The van der Waals surface area contributed by atoms with Crippen molar-refractivity contribution in [2.75, 3.05) is 82.4 Å². The fourth-order valence-corrected chi connectivity index (χ4v) is 7.34. The van der Waals surface area contributed by atoms with Crippen LogP contribution in [0.4, 0.5) is 11.4 Å². The van der Waals surface area contributed by atoms with Gasteiger partial charge in [0.1, 0.15) is 11.6 Å². The number of ether oxygens (including phenoxy) is 1. The van der Waals surface area contributed by atoms with Crippen LogP contribution in [0.2, 0.25) is 0 Å². The minimum Gasteiger partial charge on any atom is -0.477 e. The number of carbonyl (C=O) groups is 1. The molecule has 47 heavy (non-hydrogen) atoms. The Labute approximate surface area is 278 Å². The van der Waals surface area contributed by atoms with E-state index in [0.717, 1.165) is 62.6 Å². The molecule has 1 aromatic heterocycles. The largest absolute Gasteiger partial charge is 0.477 e. The van der Waals surface area contributed by atoms with Crippen LogP contribution in [0.5, 0.6) is 5.88 Å². The summed E-state index contributed by atoms with van der Waals surface area (Å²) in [7, 11) is 2.16. The summed E-state index contributed by atoms with van der Waals surface area (Å²) in [4.78, 5) is 28.8. The first-order valence-electron chi connectivity index (χ1n) is 16.7. The molecule has 0 unspecified atom stereocenters. The number of amides is 1. The maximum Gasteiger partial charge on any atom is 0.246 e. The van der Waals surface area contributed by atoms with E-state index in [1.165, 1.54) is 28.1 Å². The molecule has 0 saturated carbocycles. The molecule has 10 heteroatoms. The number of anilines is 2. The van der Waals surface area contributed by atoms with Crippen LogP contribution in [-0.2, 0) is 17.8 Å². The fourth-order valence-electron chi connectivity index (χ4n) is 7.34. The lowest BCUT2D eigenvalue weighted by Gasteiger charge is -2.43. The van der Waals surface area contributed by atoms with Gasteiger partial charge in [-0.25, -0.2) is 4.98 Å². The zero-order valence-electron chi connectivity index (χ0n) is 27.6. The van der Waals surface area contributed by atoms with Crippen molar-refractivity contribution in [2.24, 2.45) is 0 Å². The summed E-state index contributed by atoms with van der Waals surface area (Å²) in [6.45, 7) is 14.3. The Kier molecular flexibility index (Phi) is 9.91. The van der Waals surface area contributed by atoms with Crippen LogP contribution >= 0.6 is 0 Å². The molecule has 2 aromatic carbocycles. The summed E-state index contributed by atoms with van der Waals surface area (Å²) in [5, 5.41) is 22.7. The number of aromatic nitrogens is 1. The van der Waals surface area contributed by atoms with E-state index in [2.05, 4.69) is 88.7 Å². The van der Waals surface area contributed by atoms with Crippen LogP contribution < -0.4 is 14.5 Å².